The first-order valence-electron chi connectivity index (χ1n) is 4.59. The summed E-state index contributed by atoms with van der Waals surface area (Å²) >= 11 is 1.75. The lowest BCUT2D eigenvalue weighted by atomic mass is 10.2. The zero-order valence-corrected chi connectivity index (χ0v) is 9.54. The van der Waals surface area contributed by atoms with E-state index < -0.39 is 5.97 Å². The summed E-state index contributed by atoms with van der Waals surface area (Å²) in [6.07, 6.45) is 3.53. The van der Waals surface area contributed by atoms with Crippen molar-refractivity contribution in [2.75, 3.05) is 18.1 Å². The predicted octanol–water partition coefficient (Wildman–Crippen LogP) is 1.94. The Morgan fingerprint density at radius 2 is 2.47 bits per heavy atom. The number of pyridine rings is 1. The van der Waals surface area contributed by atoms with Gasteiger partial charge in [-0.2, -0.15) is 11.8 Å². The van der Waals surface area contributed by atoms with Gasteiger partial charge in [-0.25, -0.2) is 9.78 Å². The number of aromatic nitrogens is 1. The molecule has 1 unspecified atom stereocenters. The van der Waals surface area contributed by atoms with Crippen molar-refractivity contribution in [1.29, 1.82) is 0 Å². The van der Waals surface area contributed by atoms with Gasteiger partial charge in [0.2, 0.25) is 0 Å². The van der Waals surface area contributed by atoms with Crippen LogP contribution in [0, 0.1) is 0 Å². The number of anilines is 1. The van der Waals surface area contributed by atoms with E-state index in [1.165, 1.54) is 18.3 Å². The fourth-order valence-electron chi connectivity index (χ4n) is 0.992. The van der Waals surface area contributed by atoms with Gasteiger partial charge in [0.05, 0.1) is 5.56 Å². The van der Waals surface area contributed by atoms with Crippen molar-refractivity contribution in [3.05, 3.63) is 23.9 Å². The number of hydrogen-bond donors (Lipinski definition) is 2. The Morgan fingerprint density at radius 3 is 3.07 bits per heavy atom. The first-order chi connectivity index (χ1) is 7.13. The molecule has 0 aromatic carbocycles. The second-order valence-corrected chi connectivity index (χ2v) is 4.44. The van der Waals surface area contributed by atoms with Crippen molar-refractivity contribution in [3.8, 4) is 0 Å². The van der Waals surface area contributed by atoms with Crippen molar-refractivity contribution in [2.24, 2.45) is 0 Å². The summed E-state index contributed by atoms with van der Waals surface area (Å²) in [6.45, 7) is 2.87. The van der Waals surface area contributed by atoms with E-state index in [1.807, 2.05) is 6.26 Å². The third-order valence-corrected chi connectivity index (χ3v) is 2.95. The highest BCUT2D eigenvalue weighted by molar-refractivity contribution is 7.99. The van der Waals surface area contributed by atoms with E-state index in [1.54, 1.807) is 11.8 Å². The van der Waals surface area contributed by atoms with Gasteiger partial charge in [0.25, 0.3) is 0 Å². The molecule has 0 saturated heterocycles. The van der Waals surface area contributed by atoms with Gasteiger partial charge in [-0.3, -0.25) is 0 Å². The molecule has 0 bridgehead atoms. The highest BCUT2D eigenvalue weighted by Crippen LogP contribution is 2.09. The van der Waals surface area contributed by atoms with Crippen LogP contribution in [0.15, 0.2) is 18.3 Å². The largest absolute Gasteiger partial charge is 0.478 e. The molecule has 4 nitrogen and oxygen atoms in total. The summed E-state index contributed by atoms with van der Waals surface area (Å²) in [6, 6.07) is 3.01. The number of thioether (sulfide) groups is 1. The van der Waals surface area contributed by atoms with Gasteiger partial charge in [0.1, 0.15) is 5.82 Å². The molecule has 82 valence electrons. The second-order valence-electron chi connectivity index (χ2n) is 3.16. The standard InChI is InChI=1S/C10H14N2O2S/c1-7(15-2)6-12-9-5-8(10(13)14)3-4-11-9/h3-5,7H,6H2,1-2H3,(H,11,12)(H,13,14). The SMILES string of the molecule is CSC(C)CNc1cc(C(=O)O)ccn1. The molecule has 0 aliphatic carbocycles. The molecule has 0 aliphatic rings. The molecule has 1 aromatic heterocycles. The van der Waals surface area contributed by atoms with Crippen LogP contribution < -0.4 is 5.32 Å². The quantitative estimate of drug-likeness (QED) is 0.803. The number of carboxylic acid groups (broad SMARTS) is 1. The number of nitrogens with one attached hydrogen (secondary N) is 1. The second kappa shape index (κ2) is 5.60. The number of carboxylic acids is 1. The number of nitrogens with zero attached hydrogens (tertiary/aromatic N) is 1. The Kier molecular flexibility index (Phi) is 4.42. The van der Waals surface area contributed by atoms with Crippen LogP contribution in [0.4, 0.5) is 5.82 Å². The van der Waals surface area contributed by atoms with Crippen LogP contribution in [0.5, 0.6) is 0 Å². The van der Waals surface area contributed by atoms with E-state index in [0.717, 1.165) is 6.54 Å². The number of carbonyl (C=O) groups is 1. The minimum absolute atomic E-state index is 0.254. The van der Waals surface area contributed by atoms with Crippen LogP contribution in [0.3, 0.4) is 0 Å². The number of rotatable bonds is 5. The molecule has 1 rings (SSSR count). The normalized spacial score (nSPS) is 12.1. The van der Waals surface area contributed by atoms with Gasteiger partial charge in [-0.05, 0) is 18.4 Å². The molecule has 0 saturated carbocycles. The minimum atomic E-state index is -0.932. The van der Waals surface area contributed by atoms with E-state index in [9.17, 15) is 4.79 Å². The molecular formula is C10H14N2O2S. The summed E-state index contributed by atoms with van der Waals surface area (Å²) in [5, 5.41) is 12.3. The summed E-state index contributed by atoms with van der Waals surface area (Å²) in [4.78, 5) is 14.7. The smallest absolute Gasteiger partial charge is 0.335 e. The Hall–Kier alpha value is -1.23. The molecule has 1 atom stereocenters. The lowest BCUT2D eigenvalue weighted by Crippen LogP contribution is -2.13. The van der Waals surface area contributed by atoms with Crippen LogP contribution >= 0.6 is 11.8 Å². The Morgan fingerprint density at radius 1 is 1.73 bits per heavy atom. The van der Waals surface area contributed by atoms with Gasteiger partial charge in [-0.15, -0.1) is 0 Å². The predicted molar refractivity (Wildman–Crippen MR) is 62.7 cm³/mol. The molecule has 1 heterocycles. The monoisotopic (exact) mass is 226 g/mol. The van der Waals surface area contributed by atoms with Crippen molar-refractivity contribution in [2.45, 2.75) is 12.2 Å². The Balaban J connectivity index is 2.62. The zero-order valence-electron chi connectivity index (χ0n) is 8.73. The number of aromatic carboxylic acids is 1. The van der Waals surface area contributed by atoms with E-state index in [0.29, 0.717) is 11.1 Å². The molecule has 0 spiro atoms. The minimum Gasteiger partial charge on any atom is -0.478 e. The molecule has 15 heavy (non-hydrogen) atoms. The zero-order chi connectivity index (χ0) is 11.3. The summed E-state index contributed by atoms with van der Waals surface area (Å²) in [5.41, 5.74) is 0.254. The first-order valence-corrected chi connectivity index (χ1v) is 5.88. The van der Waals surface area contributed by atoms with Gasteiger partial charge in [-0.1, -0.05) is 6.92 Å². The van der Waals surface area contributed by atoms with Crippen molar-refractivity contribution >= 4 is 23.5 Å². The van der Waals surface area contributed by atoms with E-state index in [4.69, 9.17) is 5.11 Å². The highest BCUT2D eigenvalue weighted by Gasteiger charge is 2.04. The molecule has 2 N–H and O–H groups in total. The average molecular weight is 226 g/mol. The van der Waals surface area contributed by atoms with Gasteiger partial charge in [0.15, 0.2) is 0 Å². The molecule has 0 fully saturated rings. The molecule has 0 radical (unpaired) electrons. The maximum absolute atomic E-state index is 10.7. The third kappa shape index (κ3) is 3.79. The van der Waals surface area contributed by atoms with Gasteiger partial charge < -0.3 is 10.4 Å². The first kappa shape index (κ1) is 11.8. The van der Waals surface area contributed by atoms with Gasteiger partial charge in [0, 0.05) is 18.0 Å². The van der Waals surface area contributed by atoms with Crippen LogP contribution in [-0.2, 0) is 0 Å². The van der Waals surface area contributed by atoms with Gasteiger partial charge >= 0.3 is 5.97 Å². The fraction of sp³-hybridized carbons (Fsp3) is 0.400. The highest BCUT2D eigenvalue weighted by atomic mass is 32.2. The van der Waals surface area contributed by atoms with Crippen molar-refractivity contribution in [1.82, 2.24) is 4.98 Å². The summed E-state index contributed by atoms with van der Waals surface area (Å²) in [7, 11) is 0. The maximum Gasteiger partial charge on any atom is 0.335 e. The van der Waals surface area contributed by atoms with Crippen LogP contribution in [0.1, 0.15) is 17.3 Å². The fourth-order valence-corrected chi connectivity index (χ4v) is 1.24. The molecule has 5 heteroatoms. The van der Waals surface area contributed by atoms with E-state index in [2.05, 4.69) is 17.2 Å². The Labute approximate surface area is 93.1 Å². The van der Waals surface area contributed by atoms with Crippen molar-refractivity contribution in [3.63, 3.8) is 0 Å². The topological polar surface area (TPSA) is 62.2 Å². The lowest BCUT2D eigenvalue weighted by Gasteiger charge is -2.10. The van der Waals surface area contributed by atoms with Crippen LogP contribution in [-0.4, -0.2) is 34.1 Å². The third-order valence-electron chi connectivity index (χ3n) is 1.98. The van der Waals surface area contributed by atoms with E-state index in [-0.39, 0.29) is 5.56 Å². The van der Waals surface area contributed by atoms with Crippen LogP contribution in [0.2, 0.25) is 0 Å². The maximum atomic E-state index is 10.7. The molecular weight excluding hydrogens is 212 g/mol. The molecule has 0 aliphatic heterocycles. The lowest BCUT2D eigenvalue weighted by molar-refractivity contribution is 0.0697. The summed E-state index contributed by atoms with van der Waals surface area (Å²) in [5.74, 6) is -0.325. The van der Waals surface area contributed by atoms with Crippen LogP contribution in [0.25, 0.3) is 0 Å². The molecule has 1 aromatic rings. The van der Waals surface area contributed by atoms with E-state index >= 15 is 0 Å². The Bertz CT molecular complexity index is 344. The molecule has 0 amide bonds. The summed E-state index contributed by atoms with van der Waals surface area (Å²) < 4.78 is 0. The number of hydrogen-bond acceptors (Lipinski definition) is 4. The van der Waals surface area contributed by atoms with Crippen molar-refractivity contribution < 1.29 is 9.90 Å². The average Bonchev–Trinajstić information content (AvgIpc) is 2.26.